The van der Waals surface area contributed by atoms with E-state index in [9.17, 15) is 9.59 Å². The van der Waals surface area contributed by atoms with Gasteiger partial charge in [0.05, 0.1) is 5.56 Å². The molecule has 0 saturated heterocycles. The van der Waals surface area contributed by atoms with Crippen molar-refractivity contribution in [1.29, 1.82) is 0 Å². The van der Waals surface area contributed by atoms with Crippen molar-refractivity contribution in [3.8, 4) is 0 Å². The first kappa shape index (κ1) is 17.7. The predicted molar refractivity (Wildman–Crippen MR) is 100 cm³/mol. The molecule has 0 aliphatic heterocycles. The second-order valence-electron chi connectivity index (χ2n) is 6.61. The van der Waals surface area contributed by atoms with E-state index in [2.05, 4.69) is 5.32 Å². The number of anilines is 1. The fourth-order valence-electron chi connectivity index (χ4n) is 3.13. The monoisotopic (exact) mass is 357 g/mol. The Bertz CT molecular complexity index is 809. The lowest BCUT2D eigenvalue weighted by Gasteiger charge is -2.16. The Morgan fingerprint density at radius 3 is 2.72 bits per heavy atom. The van der Waals surface area contributed by atoms with Crippen molar-refractivity contribution >= 4 is 28.9 Å². The van der Waals surface area contributed by atoms with Gasteiger partial charge in [0.25, 0.3) is 5.91 Å². The summed E-state index contributed by atoms with van der Waals surface area (Å²) in [4.78, 5) is 26.1. The summed E-state index contributed by atoms with van der Waals surface area (Å²) in [6.07, 6.45) is 3.40. The van der Waals surface area contributed by atoms with Gasteiger partial charge in [0.15, 0.2) is 6.10 Å². The van der Waals surface area contributed by atoms with Crippen LogP contribution in [0.1, 0.15) is 51.7 Å². The number of aryl methyl sites for hydroxylation is 3. The number of carbonyl (C=O) groups excluding carboxylic acids is 2. The Kier molecular flexibility index (Phi) is 5.23. The molecule has 1 aromatic heterocycles. The van der Waals surface area contributed by atoms with Crippen LogP contribution in [0, 0.1) is 13.8 Å². The highest BCUT2D eigenvalue weighted by molar-refractivity contribution is 7.10. The largest absolute Gasteiger partial charge is 0.449 e. The molecule has 0 unspecified atom stereocenters. The number of hydrogen-bond acceptors (Lipinski definition) is 4. The van der Waals surface area contributed by atoms with E-state index in [-0.39, 0.29) is 5.91 Å². The highest BCUT2D eigenvalue weighted by atomic mass is 32.1. The maximum absolute atomic E-state index is 12.5. The van der Waals surface area contributed by atoms with Gasteiger partial charge in [0.1, 0.15) is 0 Å². The maximum Gasteiger partial charge on any atom is 0.340 e. The zero-order valence-electron chi connectivity index (χ0n) is 14.8. The molecule has 1 N–H and O–H groups in total. The minimum atomic E-state index is -0.840. The molecule has 0 fully saturated rings. The van der Waals surface area contributed by atoms with Gasteiger partial charge in [-0.15, -0.1) is 11.3 Å². The topological polar surface area (TPSA) is 55.4 Å². The van der Waals surface area contributed by atoms with Crippen molar-refractivity contribution in [2.45, 2.75) is 52.6 Å². The third-order valence-corrected chi connectivity index (χ3v) is 5.66. The van der Waals surface area contributed by atoms with E-state index in [1.165, 1.54) is 11.3 Å². The van der Waals surface area contributed by atoms with Crippen molar-refractivity contribution in [3.63, 3.8) is 0 Å². The minimum Gasteiger partial charge on any atom is -0.449 e. The number of thiophene rings is 1. The van der Waals surface area contributed by atoms with Crippen LogP contribution in [-0.2, 0) is 22.4 Å². The van der Waals surface area contributed by atoms with E-state index in [0.29, 0.717) is 5.56 Å². The number of esters is 1. The van der Waals surface area contributed by atoms with Gasteiger partial charge in [-0.05, 0) is 63.6 Å². The molecule has 132 valence electrons. The zero-order valence-corrected chi connectivity index (χ0v) is 15.7. The Balaban J connectivity index is 1.65. The van der Waals surface area contributed by atoms with Gasteiger partial charge in [0.2, 0.25) is 0 Å². The molecule has 25 heavy (non-hydrogen) atoms. The summed E-state index contributed by atoms with van der Waals surface area (Å²) in [5.74, 6) is -0.716. The Hall–Kier alpha value is -2.14. The Morgan fingerprint density at radius 1 is 1.20 bits per heavy atom. The lowest BCUT2D eigenvalue weighted by atomic mass is 9.96. The highest BCUT2D eigenvalue weighted by Gasteiger charge is 2.24. The number of carbonyl (C=O) groups is 2. The lowest BCUT2D eigenvalue weighted by Crippen LogP contribution is -2.30. The molecule has 1 aliphatic rings. The molecule has 5 heteroatoms. The van der Waals surface area contributed by atoms with Crippen molar-refractivity contribution in [2.24, 2.45) is 0 Å². The first-order valence-corrected chi connectivity index (χ1v) is 9.52. The quantitative estimate of drug-likeness (QED) is 0.824. The van der Waals surface area contributed by atoms with Gasteiger partial charge in [-0.3, -0.25) is 4.79 Å². The first-order chi connectivity index (χ1) is 12.0. The molecule has 1 aliphatic carbocycles. The number of nitrogens with one attached hydrogen (secondary N) is 1. The second-order valence-corrected chi connectivity index (χ2v) is 7.58. The molecular weight excluding hydrogens is 334 g/mol. The molecular formula is C20H23NO3S. The number of fused-ring (bicyclic) bond motifs is 1. The van der Waals surface area contributed by atoms with E-state index < -0.39 is 12.1 Å². The number of benzene rings is 1. The van der Waals surface area contributed by atoms with Crippen LogP contribution in [0.3, 0.4) is 0 Å². The number of hydrogen-bond donors (Lipinski definition) is 1. The van der Waals surface area contributed by atoms with E-state index >= 15 is 0 Å². The maximum atomic E-state index is 12.5. The summed E-state index contributed by atoms with van der Waals surface area (Å²) in [5, 5.41) is 4.70. The fourth-order valence-corrected chi connectivity index (χ4v) is 4.25. The number of ether oxygens (including phenoxy) is 1. The van der Waals surface area contributed by atoms with Gasteiger partial charge in [-0.1, -0.05) is 17.7 Å². The van der Waals surface area contributed by atoms with Crippen LogP contribution in [0.2, 0.25) is 0 Å². The first-order valence-electron chi connectivity index (χ1n) is 8.64. The third-order valence-electron chi connectivity index (χ3n) is 4.57. The number of amides is 1. The molecule has 0 radical (unpaired) electrons. The summed E-state index contributed by atoms with van der Waals surface area (Å²) < 4.78 is 5.41. The van der Waals surface area contributed by atoms with E-state index in [4.69, 9.17) is 4.74 Å². The van der Waals surface area contributed by atoms with Gasteiger partial charge in [-0.2, -0.15) is 0 Å². The highest BCUT2D eigenvalue weighted by Crippen LogP contribution is 2.30. The smallest absolute Gasteiger partial charge is 0.340 e. The molecule has 0 spiro atoms. The summed E-state index contributed by atoms with van der Waals surface area (Å²) in [5.41, 5.74) is 4.61. The summed E-state index contributed by atoms with van der Waals surface area (Å²) in [7, 11) is 0. The van der Waals surface area contributed by atoms with Gasteiger partial charge < -0.3 is 10.1 Å². The van der Waals surface area contributed by atoms with E-state index in [1.54, 1.807) is 18.3 Å². The second kappa shape index (κ2) is 7.40. The van der Waals surface area contributed by atoms with Gasteiger partial charge in [-0.25, -0.2) is 4.79 Å². The predicted octanol–water partition coefficient (Wildman–Crippen LogP) is 4.43. The van der Waals surface area contributed by atoms with Crippen molar-refractivity contribution < 1.29 is 14.3 Å². The average Bonchev–Trinajstić information content (AvgIpc) is 3.01. The summed E-state index contributed by atoms with van der Waals surface area (Å²) in [6, 6.07) is 5.81. The normalized spacial score (nSPS) is 14.5. The van der Waals surface area contributed by atoms with Crippen molar-refractivity contribution in [3.05, 3.63) is 50.7 Å². The molecule has 0 saturated carbocycles. The third kappa shape index (κ3) is 3.93. The molecule has 2 aromatic rings. The van der Waals surface area contributed by atoms with Crippen LogP contribution < -0.4 is 5.32 Å². The van der Waals surface area contributed by atoms with Crippen molar-refractivity contribution in [1.82, 2.24) is 0 Å². The zero-order chi connectivity index (χ0) is 18.0. The van der Waals surface area contributed by atoms with E-state index in [1.807, 2.05) is 37.4 Å². The SMILES string of the molecule is Cc1ccc(NC(=O)[C@@H](C)OC(=O)c2csc3c2CCCC3)c(C)c1. The molecule has 0 bridgehead atoms. The Labute approximate surface area is 152 Å². The average molecular weight is 357 g/mol. The van der Waals surface area contributed by atoms with Crippen LogP contribution >= 0.6 is 11.3 Å². The molecule has 1 atom stereocenters. The minimum absolute atomic E-state index is 0.315. The van der Waals surface area contributed by atoms with Crippen LogP contribution in [-0.4, -0.2) is 18.0 Å². The van der Waals surface area contributed by atoms with Crippen LogP contribution in [0.25, 0.3) is 0 Å². The molecule has 3 rings (SSSR count). The van der Waals surface area contributed by atoms with Crippen LogP contribution in [0.15, 0.2) is 23.6 Å². The summed E-state index contributed by atoms with van der Waals surface area (Å²) >= 11 is 1.62. The number of rotatable bonds is 4. The van der Waals surface area contributed by atoms with Crippen molar-refractivity contribution in [2.75, 3.05) is 5.32 Å². The molecule has 1 heterocycles. The lowest BCUT2D eigenvalue weighted by molar-refractivity contribution is -0.123. The van der Waals surface area contributed by atoms with Gasteiger partial charge in [0, 0.05) is 15.9 Å². The Morgan fingerprint density at radius 2 is 1.96 bits per heavy atom. The van der Waals surface area contributed by atoms with E-state index in [0.717, 1.165) is 41.6 Å². The molecule has 1 amide bonds. The standard InChI is InChI=1S/C20H23NO3S/c1-12-8-9-17(13(2)10-12)21-19(22)14(3)24-20(23)16-11-25-18-7-5-4-6-15(16)18/h8-11,14H,4-7H2,1-3H3,(H,21,22)/t14-/m1/s1. The molecule has 4 nitrogen and oxygen atoms in total. The molecule has 1 aromatic carbocycles. The van der Waals surface area contributed by atoms with Crippen LogP contribution in [0.4, 0.5) is 5.69 Å². The summed E-state index contributed by atoms with van der Waals surface area (Å²) in [6.45, 7) is 5.55. The fraction of sp³-hybridized carbons (Fsp3) is 0.400. The van der Waals surface area contributed by atoms with Gasteiger partial charge >= 0.3 is 5.97 Å². The van der Waals surface area contributed by atoms with Crippen LogP contribution in [0.5, 0.6) is 0 Å².